The number of carbonyl (C=O) groups excluding carboxylic acids is 4. The van der Waals surface area contributed by atoms with Gasteiger partial charge in [0.15, 0.2) is 0 Å². The van der Waals surface area contributed by atoms with Gasteiger partial charge in [0.1, 0.15) is 11.4 Å². The first-order valence-electron chi connectivity index (χ1n) is 8.58. The molecular weight excluding hydrogens is 362 g/mol. The molecule has 0 bridgehead atoms. The Hall–Kier alpha value is -3.55. The van der Waals surface area contributed by atoms with Crippen molar-refractivity contribution in [2.24, 2.45) is 5.41 Å². The quantitative estimate of drug-likeness (QED) is 0.820. The number of pyridine rings is 1. The standard InChI is InChI=1S/C20H19N3O5/c1-11-9-10-21-15(22-19(27)20(2,3)4)14(11)18(26)28-23-16(24)12-7-5-6-8-13(12)17(23)25/h5-10H,1-4H3,(H,21,22,27). The van der Waals surface area contributed by atoms with Crippen molar-refractivity contribution in [3.63, 3.8) is 0 Å². The van der Waals surface area contributed by atoms with Crippen LogP contribution in [0.15, 0.2) is 36.5 Å². The molecule has 0 radical (unpaired) electrons. The molecule has 1 N–H and O–H groups in total. The third-order valence-electron chi connectivity index (χ3n) is 4.21. The summed E-state index contributed by atoms with van der Waals surface area (Å²) in [6.45, 7) is 6.78. The maximum Gasteiger partial charge on any atom is 0.367 e. The zero-order chi connectivity index (χ0) is 20.6. The van der Waals surface area contributed by atoms with E-state index in [-0.39, 0.29) is 28.4 Å². The average Bonchev–Trinajstić information content (AvgIpc) is 2.86. The number of aryl methyl sites for hydroxylation is 1. The molecule has 1 aliphatic rings. The number of nitrogens with one attached hydrogen (secondary N) is 1. The smallest absolute Gasteiger partial charge is 0.324 e. The van der Waals surface area contributed by atoms with Gasteiger partial charge in [0.25, 0.3) is 11.8 Å². The summed E-state index contributed by atoms with van der Waals surface area (Å²) in [5.41, 5.74) is 0.0428. The number of hydrogen-bond donors (Lipinski definition) is 1. The molecule has 144 valence electrons. The van der Waals surface area contributed by atoms with Crippen LogP contribution in [0.25, 0.3) is 0 Å². The van der Waals surface area contributed by atoms with Crippen molar-refractivity contribution in [3.05, 3.63) is 58.8 Å². The third kappa shape index (κ3) is 3.36. The predicted molar refractivity (Wildman–Crippen MR) is 99.4 cm³/mol. The van der Waals surface area contributed by atoms with Crippen LogP contribution in [0.4, 0.5) is 5.82 Å². The lowest BCUT2D eigenvalue weighted by molar-refractivity contribution is -0.123. The van der Waals surface area contributed by atoms with E-state index in [0.29, 0.717) is 10.6 Å². The summed E-state index contributed by atoms with van der Waals surface area (Å²) < 4.78 is 0. The highest BCUT2D eigenvalue weighted by Crippen LogP contribution is 2.26. The highest BCUT2D eigenvalue weighted by atomic mass is 16.7. The predicted octanol–water partition coefficient (Wildman–Crippen LogP) is 2.74. The lowest BCUT2D eigenvalue weighted by atomic mass is 9.95. The van der Waals surface area contributed by atoms with Crippen LogP contribution >= 0.6 is 0 Å². The maximum atomic E-state index is 12.8. The van der Waals surface area contributed by atoms with Crippen molar-refractivity contribution < 1.29 is 24.0 Å². The van der Waals surface area contributed by atoms with Crippen molar-refractivity contribution >= 4 is 29.5 Å². The van der Waals surface area contributed by atoms with E-state index in [2.05, 4.69) is 10.3 Å². The summed E-state index contributed by atoms with van der Waals surface area (Å²) in [5, 5.41) is 3.02. The van der Waals surface area contributed by atoms with Crippen LogP contribution in [-0.4, -0.2) is 33.7 Å². The monoisotopic (exact) mass is 381 g/mol. The lowest BCUT2D eigenvalue weighted by Gasteiger charge is -2.19. The molecule has 3 rings (SSSR count). The van der Waals surface area contributed by atoms with Gasteiger partial charge in [-0.25, -0.2) is 9.78 Å². The van der Waals surface area contributed by atoms with E-state index in [1.165, 1.54) is 18.3 Å². The molecule has 8 heteroatoms. The fourth-order valence-corrected chi connectivity index (χ4v) is 2.58. The van der Waals surface area contributed by atoms with E-state index < -0.39 is 23.2 Å². The van der Waals surface area contributed by atoms with Crippen LogP contribution in [0.2, 0.25) is 0 Å². The number of aromatic nitrogens is 1. The summed E-state index contributed by atoms with van der Waals surface area (Å²) in [6, 6.07) is 7.74. The molecule has 1 aromatic carbocycles. The number of anilines is 1. The molecule has 0 spiro atoms. The Balaban J connectivity index is 1.89. The Bertz CT molecular complexity index is 972. The summed E-state index contributed by atoms with van der Waals surface area (Å²) in [7, 11) is 0. The highest BCUT2D eigenvalue weighted by molar-refractivity contribution is 6.21. The first kappa shape index (κ1) is 19.2. The molecule has 0 atom stereocenters. The molecule has 8 nitrogen and oxygen atoms in total. The van der Waals surface area contributed by atoms with E-state index in [9.17, 15) is 19.2 Å². The van der Waals surface area contributed by atoms with E-state index in [1.807, 2.05) is 0 Å². The highest BCUT2D eigenvalue weighted by Gasteiger charge is 2.39. The molecule has 1 aliphatic heterocycles. The van der Waals surface area contributed by atoms with Crippen LogP contribution in [0.5, 0.6) is 0 Å². The van der Waals surface area contributed by atoms with E-state index in [4.69, 9.17) is 4.84 Å². The summed E-state index contributed by atoms with van der Waals surface area (Å²) in [6.07, 6.45) is 1.44. The van der Waals surface area contributed by atoms with Crippen molar-refractivity contribution in [2.45, 2.75) is 27.7 Å². The number of hydrogen-bond acceptors (Lipinski definition) is 6. The number of benzene rings is 1. The minimum absolute atomic E-state index is 0.00142. The Labute approximate surface area is 161 Å². The Kier molecular flexibility index (Phi) is 4.72. The summed E-state index contributed by atoms with van der Waals surface area (Å²) in [5.74, 6) is -2.77. The molecular formula is C20H19N3O5. The lowest BCUT2D eigenvalue weighted by Crippen LogP contribution is -2.34. The maximum absolute atomic E-state index is 12.8. The van der Waals surface area contributed by atoms with Gasteiger partial charge in [0, 0.05) is 11.6 Å². The number of imide groups is 1. The molecule has 2 heterocycles. The van der Waals surface area contributed by atoms with Gasteiger partial charge in [-0.05, 0) is 30.7 Å². The SMILES string of the molecule is Cc1ccnc(NC(=O)C(C)(C)C)c1C(=O)ON1C(=O)c2ccccc2C1=O. The molecule has 0 saturated carbocycles. The first-order valence-corrected chi connectivity index (χ1v) is 8.58. The minimum atomic E-state index is -0.968. The molecule has 0 aliphatic carbocycles. The van der Waals surface area contributed by atoms with Gasteiger partial charge in [-0.15, -0.1) is 0 Å². The molecule has 1 aromatic heterocycles. The van der Waals surface area contributed by atoms with E-state index >= 15 is 0 Å². The van der Waals surface area contributed by atoms with E-state index in [1.54, 1.807) is 45.9 Å². The second-order valence-corrected chi connectivity index (χ2v) is 7.38. The Morgan fingerprint density at radius 1 is 1.04 bits per heavy atom. The number of nitrogens with zero attached hydrogens (tertiary/aromatic N) is 2. The molecule has 0 fully saturated rings. The van der Waals surface area contributed by atoms with Gasteiger partial charge in [0.05, 0.1) is 11.1 Å². The fraction of sp³-hybridized carbons (Fsp3) is 0.250. The van der Waals surface area contributed by atoms with Crippen molar-refractivity contribution in [1.82, 2.24) is 10.0 Å². The van der Waals surface area contributed by atoms with Crippen LogP contribution in [0.3, 0.4) is 0 Å². The Morgan fingerprint density at radius 2 is 1.61 bits per heavy atom. The average molecular weight is 381 g/mol. The largest absolute Gasteiger partial charge is 0.367 e. The van der Waals surface area contributed by atoms with E-state index in [0.717, 1.165) is 0 Å². The number of rotatable bonds is 3. The Morgan fingerprint density at radius 3 is 2.14 bits per heavy atom. The number of hydroxylamine groups is 2. The zero-order valence-corrected chi connectivity index (χ0v) is 15.9. The molecule has 3 amide bonds. The molecule has 0 saturated heterocycles. The van der Waals surface area contributed by atoms with Crippen LogP contribution < -0.4 is 5.32 Å². The van der Waals surface area contributed by atoms with Gasteiger partial charge < -0.3 is 10.2 Å². The number of carbonyl (C=O) groups is 4. The molecule has 0 unspecified atom stereocenters. The van der Waals surface area contributed by atoms with Crippen LogP contribution in [-0.2, 0) is 9.63 Å². The second-order valence-electron chi connectivity index (χ2n) is 7.38. The van der Waals surface area contributed by atoms with Gasteiger partial charge in [0.2, 0.25) is 5.91 Å². The van der Waals surface area contributed by atoms with Gasteiger partial charge in [-0.2, -0.15) is 0 Å². The third-order valence-corrected chi connectivity index (χ3v) is 4.21. The number of fused-ring (bicyclic) bond motifs is 1. The topological polar surface area (TPSA) is 106 Å². The van der Waals surface area contributed by atoms with Gasteiger partial charge in [-0.3, -0.25) is 14.4 Å². The summed E-state index contributed by atoms with van der Waals surface area (Å²) >= 11 is 0. The second kappa shape index (κ2) is 6.88. The first-order chi connectivity index (χ1) is 13.1. The minimum Gasteiger partial charge on any atom is -0.324 e. The van der Waals surface area contributed by atoms with Crippen LogP contribution in [0, 0.1) is 12.3 Å². The number of amides is 3. The van der Waals surface area contributed by atoms with Gasteiger partial charge >= 0.3 is 5.97 Å². The molecule has 2 aromatic rings. The zero-order valence-electron chi connectivity index (χ0n) is 15.9. The summed E-state index contributed by atoms with van der Waals surface area (Å²) in [4.78, 5) is 59.0. The molecule has 28 heavy (non-hydrogen) atoms. The van der Waals surface area contributed by atoms with Gasteiger partial charge in [-0.1, -0.05) is 38.0 Å². The fourth-order valence-electron chi connectivity index (χ4n) is 2.58. The normalized spacial score (nSPS) is 13.4. The van der Waals surface area contributed by atoms with Crippen molar-refractivity contribution in [1.29, 1.82) is 0 Å². The van der Waals surface area contributed by atoms with Crippen molar-refractivity contribution in [2.75, 3.05) is 5.32 Å². The van der Waals surface area contributed by atoms with Crippen LogP contribution in [0.1, 0.15) is 57.4 Å². The van der Waals surface area contributed by atoms with Crippen molar-refractivity contribution in [3.8, 4) is 0 Å².